The average molecular weight is 652 g/mol. The number of fused-ring (bicyclic) bond motifs is 2. The number of nitrogens with one attached hydrogen (secondary N) is 2. The summed E-state index contributed by atoms with van der Waals surface area (Å²) >= 11 is 0. The van der Waals surface area contributed by atoms with Crippen LogP contribution in [0.25, 0.3) is 33.2 Å². The monoisotopic (exact) mass is 651 g/mol. The van der Waals surface area contributed by atoms with E-state index in [0.717, 1.165) is 31.8 Å². The van der Waals surface area contributed by atoms with Crippen molar-refractivity contribution in [3.8, 4) is 11.3 Å². The molecule has 13 nitrogen and oxygen atoms in total. The Bertz CT molecular complexity index is 2350. The van der Waals surface area contributed by atoms with Crippen LogP contribution in [0, 0.1) is 12.3 Å². The lowest BCUT2D eigenvalue weighted by Gasteiger charge is -2.35. The van der Waals surface area contributed by atoms with E-state index in [1.807, 2.05) is 57.0 Å². The summed E-state index contributed by atoms with van der Waals surface area (Å²) in [6.45, 7) is 7.79. The summed E-state index contributed by atoms with van der Waals surface area (Å²) < 4.78 is 31.9. The minimum atomic E-state index is -4.42. The molecule has 47 heavy (non-hydrogen) atoms. The first kappa shape index (κ1) is 30.3. The molecule has 1 aliphatic heterocycles. The van der Waals surface area contributed by atoms with Crippen molar-refractivity contribution in [3.63, 3.8) is 0 Å². The van der Waals surface area contributed by atoms with Crippen molar-refractivity contribution in [1.29, 1.82) is 0 Å². The number of benzene rings is 1. The van der Waals surface area contributed by atoms with E-state index < -0.39 is 21.2 Å². The number of anilines is 2. The Labute approximate surface area is 270 Å². The largest absolute Gasteiger partial charge is 0.330 e. The fourth-order valence-corrected chi connectivity index (χ4v) is 7.95. The molecule has 5 heterocycles. The molecule has 0 unspecified atom stereocenters. The van der Waals surface area contributed by atoms with E-state index in [0.29, 0.717) is 53.3 Å². The lowest BCUT2D eigenvalue weighted by molar-refractivity contribution is -0.126. The molecule has 0 spiro atoms. The maximum absolute atomic E-state index is 14.2. The first-order valence-corrected chi connectivity index (χ1v) is 16.5. The number of aryl methyl sites for hydroxylation is 1. The summed E-state index contributed by atoms with van der Waals surface area (Å²) in [6, 6.07) is 10.2. The van der Waals surface area contributed by atoms with Gasteiger partial charge in [0, 0.05) is 60.5 Å². The van der Waals surface area contributed by atoms with Gasteiger partial charge in [0.25, 0.3) is 5.56 Å². The van der Waals surface area contributed by atoms with E-state index in [2.05, 4.69) is 29.9 Å². The molecule has 240 valence electrons. The topological polar surface area (TPSA) is 159 Å². The van der Waals surface area contributed by atoms with Crippen molar-refractivity contribution >= 4 is 49.6 Å². The van der Waals surface area contributed by atoms with E-state index in [-0.39, 0.29) is 11.4 Å². The minimum absolute atomic E-state index is 0.0358. The van der Waals surface area contributed by atoms with Crippen molar-refractivity contribution in [2.75, 3.05) is 18.5 Å². The predicted octanol–water partition coefficient (Wildman–Crippen LogP) is 4.31. The van der Waals surface area contributed by atoms with Crippen LogP contribution < -0.4 is 15.2 Å². The Balaban J connectivity index is 1.34. The Hall–Kier alpha value is -5.37. The molecule has 2 N–H and O–H groups in total. The second-order valence-electron chi connectivity index (χ2n) is 12.6. The molecule has 4 aromatic heterocycles. The minimum Gasteiger partial charge on any atom is -0.328 e. The third kappa shape index (κ3) is 5.04. The lowest BCUT2D eigenvalue weighted by atomic mass is 9.79. The van der Waals surface area contributed by atoms with Crippen molar-refractivity contribution in [2.45, 2.75) is 40.5 Å². The summed E-state index contributed by atoms with van der Waals surface area (Å²) in [5, 5.41) is 8.24. The van der Waals surface area contributed by atoms with Gasteiger partial charge in [-0.25, -0.2) is 15.0 Å². The summed E-state index contributed by atoms with van der Waals surface area (Å²) in [7, 11) is -2.58. The van der Waals surface area contributed by atoms with Crippen LogP contribution in [0.15, 0.2) is 83.0 Å². The first-order chi connectivity index (χ1) is 22.4. The Kier molecular flexibility index (Phi) is 7.00. The van der Waals surface area contributed by atoms with Gasteiger partial charge in [-0.2, -0.15) is 17.5 Å². The van der Waals surface area contributed by atoms with Gasteiger partial charge in [-0.1, -0.05) is 13.8 Å². The fourth-order valence-electron chi connectivity index (χ4n) is 6.54. The normalized spacial score (nSPS) is 16.0. The highest BCUT2D eigenvalue weighted by Crippen LogP contribution is 2.43. The van der Waals surface area contributed by atoms with Crippen molar-refractivity contribution in [3.05, 3.63) is 94.1 Å². The molecule has 0 saturated carbocycles. The van der Waals surface area contributed by atoms with Crippen molar-refractivity contribution in [2.24, 2.45) is 5.41 Å². The van der Waals surface area contributed by atoms with Crippen molar-refractivity contribution < 1.29 is 13.2 Å². The zero-order chi connectivity index (χ0) is 33.2. The predicted molar refractivity (Wildman–Crippen MR) is 179 cm³/mol. The second kappa shape index (κ2) is 10.9. The molecule has 0 bridgehead atoms. The number of carbonyl (C=O) groups excluding carboxylic acids is 1. The van der Waals surface area contributed by atoms with Gasteiger partial charge in [0.15, 0.2) is 5.65 Å². The number of hydrogen-bond donors (Lipinski definition) is 2. The van der Waals surface area contributed by atoms with E-state index in [4.69, 9.17) is 0 Å². The number of amides is 1. The molecule has 0 atom stereocenters. The highest BCUT2D eigenvalue weighted by atomic mass is 32.2. The van der Waals surface area contributed by atoms with Gasteiger partial charge in [0.05, 0.1) is 28.5 Å². The number of hydrogen-bond acceptors (Lipinski definition) is 9. The molecule has 7 rings (SSSR count). The Morgan fingerprint density at radius 1 is 1.11 bits per heavy atom. The standard InChI is InChI=1S/C33H33N9O4S/c1-19-13-25(40(5)32-23(7-6-11-34-32)30-24-17-37-38-31(24)36-18-35-30)22-8-9-29(44)42(26(22)14-19)47(45,46)39-28-15-21-10-12-41(20(2)43)27(21)16-33(28,3)4/h6-9,11,13-15,17-18,39H,10,12,16H2,1-5H3,(H,35,36,37,38). The van der Waals surface area contributed by atoms with Crippen LogP contribution in [-0.4, -0.2) is 61.9 Å². The van der Waals surface area contributed by atoms with Gasteiger partial charge in [0.2, 0.25) is 5.91 Å². The van der Waals surface area contributed by atoms with Crippen LogP contribution in [0.3, 0.4) is 0 Å². The van der Waals surface area contributed by atoms with Gasteiger partial charge in [-0.15, -0.1) is 0 Å². The van der Waals surface area contributed by atoms with Crippen LogP contribution in [0.5, 0.6) is 0 Å². The van der Waals surface area contributed by atoms with E-state index >= 15 is 0 Å². The summed E-state index contributed by atoms with van der Waals surface area (Å²) in [5.41, 5.74) is 4.52. The van der Waals surface area contributed by atoms with E-state index in [1.165, 1.54) is 19.3 Å². The smallest absolute Gasteiger partial charge is 0.328 e. The molecule has 1 aromatic carbocycles. The van der Waals surface area contributed by atoms with Crippen molar-refractivity contribution in [1.82, 2.24) is 38.7 Å². The van der Waals surface area contributed by atoms with Crippen LogP contribution >= 0.6 is 0 Å². The number of pyridine rings is 2. The average Bonchev–Trinajstić information content (AvgIpc) is 3.66. The number of aromatic nitrogens is 6. The summed E-state index contributed by atoms with van der Waals surface area (Å²) in [4.78, 5) is 42.7. The van der Waals surface area contributed by atoms with Gasteiger partial charge in [-0.05, 0) is 67.3 Å². The highest BCUT2D eigenvalue weighted by Gasteiger charge is 2.38. The van der Waals surface area contributed by atoms with Crippen LogP contribution in [0.2, 0.25) is 0 Å². The van der Waals surface area contributed by atoms with Gasteiger partial charge < -0.3 is 9.80 Å². The van der Waals surface area contributed by atoms with E-state index in [1.54, 1.807) is 29.4 Å². The number of rotatable bonds is 6. The van der Waals surface area contributed by atoms with Crippen LogP contribution in [0.1, 0.15) is 39.2 Å². The maximum Gasteiger partial charge on any atom is 0.330 e. The van der Waals surface area contributed by atoms with Gasteiger partial charge in [0.1, 0.15) is 12.1 Å². The Morgan fingerprint density at radius 3 is 2.70 bits per heavy atom. The molecule has 0 saturated heterocycles. The third-order valence-electron chi connectivity index (χ3n) is 8.88. The number of aromatic amines is 1. The summed E-state index contributed by atoms with van der Waals surface area (Å²) in [6.07, 6.45) is 7.72. The molecular formula is C33H33N9O4S. The molecule has 2 aliphatic rings. The number of allylic oxidation sites excluding steroid dienone is 3. The molecule has 14 heteroatoms. The zero-order valence-corrected chi connectivity index (χ0v) is 27.4. The molecule has 0 radical (unpaired) electrons. The molecule has 5 aromatic rings. The lowest BCUT2D eigenvalue weighted by Crippen LogP contribution is -2.41. The molecular weight excluding hydrogens is 618 g/mol. The molecule has 1 amide bonds. The number of carbonyl (C=O) groups is 1. The van der Waals surface area contributed by atoms with Crippen LogP contribution in [0.4, 0.5) is 11.5 Å². The van der Waals surface area contributed by atoms with Gasteiger partial charge >= 0.3 is 10.2 Å². The molecule has 1 aliphatic carbocycles. The summed E-state index contributed by atoms with van der Waals surface area (Å²) in [5.74, 6) is 0.528. The number of nitrogens with zero attached hydrogens (tertiary/aromatic N) is 7. The SMILES string of the molecule is CC(=O)N1CCC2=C1CC(C)(C)C(NS(=O)(=O)n1c(=O)ccc3c(N(C)c4ncccc4-c4ncnc5[nH]ncc45)cc(C)cc31)=C2. The second-order valence-corrected chi connectivity index (χ2v) is 14.1. The third-order valence-corrected chi connectivity index (χ3v) is 10.2. The number of H-pyrrole nitrogens is 1. The Morgan fingerprint density at radius 2 is 1.91 bits per heavy atom. The fraction of sp³-hybridized carbons (Fsp3) is 0.273. The van der Waals surface area contributed by atoms with Crippen LogP contribution in [-0.2, 0) is 15.0 Å². The van der Waals surface area contributed by atoms with Gasteiger partial charge in [-0.3, -0.25) is 19.4 Å². The zero-order valence-electron chi connectivity index (χ0n) is 26.6. The maximum atomic E-state index is 14.2. The molecule has 0 fully saturated rings. The quantitative estimate of drug-likeness (QED) is 0.273. The first-order valence-electron chi connectivity index (χ1n) is 15.1. The van der Waals surface area contributed by atoms with E-state index in [9.17, 15) is 18.0 Å². The highest BCUT2D eigenvalue weighted by molar-refractivity contribution is 7.88.